The molecule has 1 saturated heterocycles. The first-order valence-electron chi connectivity index (χ1n) is 23.7. The van der Waals surface area contributed by atoms with E-state index in [9.17, 15) is 14.4 Å². The number of hydrogen-bond acceptors (Lipinski definition) is 15. The van der Waals surface area contributed by atoms with Crippen LogP contribution in [0.3, 0.4) is 0 Å². The third-order valence-electron chi connectivity index (χ3n) is 13.2. The number of benzene rings is 4. The van der Waals surface area contributed by atoms with Crippen LogP contribution in [0.4, 0.5) is 0 Å². The van der Waals surface area contributed by atoms with E-state index in [1.807, 2.05) is 85.0 Å². The van der Waals surface area contributed by atoms with Gasteiger partial charge in [0.1, 0.15) is 0 Å². The first-order chi connectivity index (χ1) is 37.0. The number of nitrogens with zero attached hydrogens (tertiary/aromatic N) is 3. The number of ether oxygens (including phenoxy) is 9. The van der Waals surface area contributed by atoms with Crippen LogP contribution in [0.15, 0.2) is 84.9 Å². The molecule has 0 atom stereocenters. The van der Waals surface area contributed by atoms with Gasteiger partial charge in [0, 0.05) is 57.2 Å². The Hall–Kier alpha value is -9.71. The number of rotatable bonds is 15. The zero-order chi connectivity index (χ0) is 53.4. The van der Waals surface area contributed by atoms with Gasteiger partial charge in [0.25, 0.3) is 11.8 Å². The zero-order valence-corrected chi connectivity index (χ0v) is 43.0. The van der Waals surface area contributed by atoms with Crippen molar-refractivity contribution >= 4 is 64.2 Å². The van der Waals surface area contributed by atoms with Gasteiger partial charge in [-0.05, 0) is 119 Å². The lowest BCUT2D eigenvalue weighted by molar-refractivity contribution is -0.172. The lowest BCUT2D eigenvalue weighted by atomic mass is 10.0. The Kier molecular flexibility index (Phi) is 13.6. The molecule has 1 fully saturated rings. The van der Waals surface area contributed by atoms with E-state index in [1.165, 1.54) is 0 Å². The van der Waals surface area contributed by atoms with E-state index in [-0.39, 0.29) is 18.4 Å². The SMILES string of the molecule is COc1cc(-c2c3nc(c(-c4cc(OC)c(OC)c(OC)c4)c4ccc([nH]4)c(-c4cc(OC)c(OC)c(OC)c4)c4nc(c(-c5ccc(C(=O)ON6C(=O)CCC6=O)cc5)c5ccc2[nH]5)C=C4)C=C3)cc(OC)c1OC. The molecule has 0 spiro atoms. The molecule has 7 aromatic rings. The van der Waals surface area contributed by atoms with Gasteiger partial charge in [0.15, 0.2) is 34.5 Å². The van der Waals surface area contributed by atoms with Gasteiger partial charge in [-0.2, -0.15) is 0 Å². The zero-order valence-electron chi connectivity index (χ0n) is 43.0. The van der Waals surface area contributed by atoms with Crippen LogP contribution in [0.1, 0.15) is 46.0 Å². The van der Waals surface area contributed by atoms with E-state index in [0.29, 0.717) is 146 Å². The van der Waals surface area contributed by atoms with Crippen LogP contribution in [0, 0.1) is 0 Å². The molecule has 3 aromatic heterocycles. The first kappa shape index (κ1) is 49.9. The summed E-state index contributed by atoms with van der Waals surface area (Å²) in [7, 11) is 14.0. The number of H-pyrrole nitrogens is 2. The number of aromatic amines is 2. The Morgan fingerprint density at radius 2 is 0.697 bits per heavy atom. The summed E-state index contributed by atoms with van der Waals surface area (Å²) in [5, 5.41) is 0.525. The Bertz CT molecular complexity index is 3590. The predicted molar refractivity (Wildman–Crippen MR) is 286 cm³/mol. The quantitative estimate of drug-likeness (QED) is 0.0917. The smallest absolute Gasteiger partial charge is 0.363 e. The standard InChI is InChI=1S/C58H51N5O13/c1-67-43-24-32(25-44(68-2)55(43)73-7)52-37-16-14-35(59-37)51(30-10-12-31(13-11-30)58(66)76-63-49(64)22-23-50(63)65)36-15-17-38(60-36)53(33-26-45(69-3)56(74-8)46(27-33)70-4)40-19-21-42(62-40)54(41-20-18-39(52)61-41)34-28-47(71-5)57(75-9)48(29-34)72-6/h10-21,24-29,59,62H,22-23H2,1-9H3. The van der Waals surface area contributed by atoms with Gasteiger partial charge >= 0.3 is 5.97 Å². The molecule has 0 radical (unpaired) electrons. The van der Waals surface area contributed by atoms with Gasteiger partial charge in [-0.1, -0.05) is 12.1 Å². The number of amides is 2. The number of fused-ring (bicyclic) bond motifs is 8. The molecule has 0 aliphatic carbocycles. The number of aromatic nitrogens is 4. The van der Waals surface area contributed by atoms with Crippen LogP contribution in [-0.2, 0) is 14.4 Å². The summed E-state index contributed by atoms with van der Waals surface area (Å²) in [5.41, 5.74) is 10.5. The highest BCUT2D eigenvalue weighted by Gasteiger charge is 2.33. The summed E-state index contributed by atoms with van der Waals surface area (Å²) < 4.78 is 52.5. The fraction of sp³-hybridized carbons (Fsp3) is 0.190. The van der Waals surface area contributed by atoms with Crippen molar-refractivity contribution in [3.8, 4) is 96.3 Å². The molecule has 10 rings (SSSR count). The minimum atomic E-state index is -0.860. The molecule has 3 aliphatic heterocycles. The number of methoxy groups -OCH3 is 9. The molecule has 2 N–H and O–H groups in total. The van der Waals surface area contributed by atoms with Gasteiger partial charge in [-0.3, -0.25) is 9.59 Å². The molecule has 0 unspecified atom stereocenters. The van der Waals surface area contributed by atoms with E-state index in [4.69, 9.17) is 57.4 Å². The minimum Gasteiger partial charge on any atom is -0.493 e. The van der Waals surface area contributed by atoms with Crippen LogP contribution in [0.2, 0.25) is 0 Å². The van der Waals surface area contributed by atoms with Crippen molar-refractivity contribution in [3.05, 3.63) is 113 Å². The van der Waals surface area contributed by atoms with Gasteiger partial charge < -0.3 is 57.4 Å². The highest BCUT2D eigenvalue weighted by Crippen LogP contribution is 2.48. The molecule has 18 heteroatoms. The summed E-state index contributed by atoms with van der Waals surface area (Å²) >= 11 is 0. The molecule has 8 bridgehead atoms. The predicted octanol–water partition coefficient (Wildman–Crippen LogP) is 10.6. The van der Waals surface area contributed by atoms with E-state index < -0.39 is 17.8 Å². The molecule has 386 valence electrons. The molecule has 18 nitrogen and oxygen atoms in total. The summed E-state index contributed by atoms with van der Waals surface area (Å²) in [6.07, 6.45) is 7.67. The Morgan fingerprint density at radius 1 is 0.408 bits per heavy atom. The maximum Gasteiger partial charge on any atom is 0.363 e. The fourth-order valence-electron chi connectivity index (χ4n) is 9.66. The number of carbonyl (C=O) groups excluding carboxylic acids is 3. The van der Waals surface area contributed by atoms with Gasteiger partial charge in [-0.25, -0.2) is 14.8 Å². The second-order valence-corrected chi connectivity index (χ2v) is 17.3. The Balaban J connectivity index is 1.33. The molecule has 2 amide bonds. The maximum absolute atomic E-state index is 13.4. The van der Waals surface area contributed by atoms with Crippen molar-refractivity contribution < 1.29 is 61.9 Å². The van der Waals surface area contributed by atoms with Crippen molar-refractivity contribution in [3.63, 3.8) is 0 Å². The molecular weight excluding hydrogens is 975 g/mol. The number of carbonyl (C=O) groups is 3. The minimum absolute atomic E-state index is 0.0317. The van der Waals surface area contributed by atoms with Crippen LogP contribution in [0.25, 0.3) is 90.9 Å². The molecule has 0 saturated carbocycles. The van der Waals surface area contributed by atoms with Crippen LogP contribution >= 0.6 is 0 Å². The van der Waals surface area contributed by atoms with Crippen LogP contribution < -0.4 is 42.6 Å². The van der Waals surface area contributed by atoms with Gasteiger partial charge in [-0.15, -0.1) is 5.06 Å². The van der Waals surface area contributed by atoms with E-state index in [0.717, 1.165) is 0 Å². The van der Waals surface area contributed by atoms with E-state index in [2.05, 4.69) is 9.97 Å². The first-order valence-corrected chi connectivity index (χ1v) is 23.7. The molecule has 3 aliphatic rings. The number of hydroxylamine groups is 2. The molecule has 4 aromatic carbocycles. The van der Waals surface area contributed by atoms with Crippen LogP contribution in [-0.4, -0.2) is 107 Å². The molecule has 76 heavy (non-hydrogen) atoms. The van der Waals surface area contributed by atoms with Crippen molar-refractivity contribution in [2.75, 3.05) is 64.0 Å². The van der Waals surface area contributed by atoms with Crippen LogP contribution in [0.5, 0.6) is 51.7 Å². The van der Waals surface area contributed by atoms with E-state index >= 15 is 0 Å². The lowest BCUT2D eigenvalue weighted by Gasteiger charge is -2.15. The largest absolute Gasteiger partial charge is 0.493 e. The highest BCUT2D eigenvalue weighted by molar-refractivity contribution is 6.04. The van der Waals surface area contributed by atoms with Gasteiger partial charge in [0.05, 0.1) is 92.3 Å². The van der Waals surface area contributed by atoms with E-state index in [1.54, 1.807) is 88.3 Å². The lowest BCUT2D eigenvalue weighted by Crippen LogP contribution is -2.32. The number of imide groups is 1. The molecular formula is C58H51N5O13. The second-order valence-electron chi connectivity index (χ2n) is 17.3. The molecule has 6 heterocycles. The normalized spacial score (nSPS) is 12.7. The third kappa shape index (κ3) is 8.78. The van der Waals surface area contributed by atoms with Crippen molar-refractivity contribution in [1.29, 1.82) is 0 Å². The topological polar surface area (TPSA) is 204 Å². The highest BCUT2D eigenvalue weighted by atomic mass is 16.7. The number of nitrogens with one attached hydrogen (secondary N) is 2. The average molecular weight is 1030 g/mol. The third-order valence-corrected chi connectivity index (χ3v) is 13.2. The summed E-state index contributed by atoms with van der Waals surface area (Å²) in [5.74, 6) is 1.81. The number of hydrogen-bond donors (Lipinski definition) is 2. The Labute approximate surface area is 435 Å². The average Bonchev–Trinajstić information content (AvgIpc) is 4.34. The Morgan fingerprint density at radius 3 is 0.974 bits per heavy atom. The van der Waals surface area contributed by atoms with Crippen molar-refractivity contribution in [1.82, 2.24) is 25.0 Å². The summed E-state index contributed by atoms with van der Waals surface area (Å²) in [6.45, 7) is 0. The summed E-state index contributed by atoms with van der Waals surface area (Å²) in [4.78, 5) is 61.6. The second kappa shape index (κ2) is 20.7. The van der Waals surface area contributed by atoms with Crippen molar-refractivity contribution in [2.24, 2.45) is 0 Å². The monoisotopic (exact) mass is 1030 g/mol. The fourth-order valence-corrected chi connectivity index (χ4v) is 9.66. The summed E-state index contributed by atoms with van der Waals surface area (Å²) in [6, 6.07) is 25.7. The van der Waals surface area contributed by atoms with Gasteiger partial charge in [0.2, 0.25) is 17.2 Å². The van der Waals surface area contributed by atoms with Crippen molar-refractivity contribution in [2.45, 2.75) is 12.8 Å². The maximum atomic E-state index is 13.4.